The van der Waals surface area contributed by atoms with Gasteiger partial charge in [-0.05, 0) is 53.9 Å². The van der Waals surface area contributed by atoms with E-state index in [1.807, 2.05) is 25.1 Å². The Bertz CT molecular complexity index is 907. The molecular weight excluding hydrogens is 326 g/mol. The highest BCUT2D eigenvalue weighted by atomic mass is 16.5. The Kier molecular flexibility index (Phi) is 5.54. The molecule has 0 aliphatic heterocycles. The molecule has 3 rings (SSSR count). The minimum atomic E-state index is -0.633. The second-order valence-electron chi connectivity index (χ2n) is 6.40. The number of rotatable bonds is 6. The van der Waals surface area contributed by atoms with E-state index in [1.54, 1.807) is 31.2 Å². The Hall–Kier alpha value is -2.85. The van der Waals surface area contributed by atoms with Gasteiger partial charge in [0.25, 0.3) is 5.91 Å². The molecule has 0 saturated carbocycles. The van der Waals surface area contributed by atoms with Crippen LogP contribution in [0.5, 0.6) is 5.75 Å². The minimum absolute atomic E-state index is 0.0588. The van der Waals surface area contributed by atoms with E-state index >= 15 is 0 Å². The lowest BCUT2D eigenvalue weighted by molar-refractivity contribution is -0.127. The number of nitrogens with one attached hydrogen (secondary N) is 1. The van der Waals surface area contributed by atoms with Crippen LogP contribution in [0, 0.1) is 0 Å². The van der Waals surface area contributed by atoms with E-state index in [4.69, 9.17) is 4.74 Å². The van der Waals surface area contributed by atoms with Crippen molar-refractivity contribution in [3.8, 4) is 5.75 Å². The third-order valence-electron chi connectivity index (χ3n) is 4.40. The van der Waals surface area contributed by atoms with Crippen LogP contribution in [0.1, 0.15) is 31.0 Å². The molecule has 2 atom stereocenters. The van der Waals surface area contributed by atoms with Gasteiger partial charge in [-0.25, -0.2) is 0 Å². The number of hydrogen-bond donors (Lipinski definition) is 2. The molecule has 0 aromatic heterocycles. The van der Waals surface area contributed by atoms with Crippen molar-refractivity contribution in [3.63, 3.8) is 0 Å². The molecule has 0 aliphatic carbocycles. The van der Waals surface area contributed by atoms with Crippen molar-refractivity contribution in [1.82, 2.24) is 5.32 Å². The van der Waals surface area contributed by atoms with E-state index in [-0.39, 0.29) is 18.6 Å². The third kappa shape index (κ3) is 4.21. The highest BCUT2D eigenvalue weighted by molar-refractivity contribution is 5.84. The molecule has 26 heavy (non-hydrogen) atoms. The normalized spacial score (nSPS) is 13.2. The first-order valence-corrected chi connectivity index (χ1v) is 8.72. The summed E-state index contributed by atoms with van der Waals surface area (Å²) in [5.74, 6) is 0.387. The zero-order chi connectivity index (χ0) is 18.5. The van der Waals surface area contributed by atoms with Crippen LogP contribution in [0.15, 0.2) is 66.7 Å². The average Bonchev–Trinajstić information content (AvgIpc) is 2.67. The molecule has 0 fully saturated rings. The maximum absolute atomic E-state index is 12.5. The van der Waals surface area contributed by atoms with Gasteiger partial charge in [-0.1, -0.05) is 48.5 Å². The number of fused-ring (bicyclic) bond motifs is 1. The standard InChI is InChI=1S/C22H23NO3/c1-15(19-11-10-18-7-3-4-8-20(18)13-19)23-22(25)16(2)26-21-9-5-6-17(12-21)14-24/h3-13,15-16,24H,14H2,1-2H3,(H,23,25). The first kappa shape index (κ1) is 18.0. The van der Waals surface area contributed by atoms with Gasteiger partial charge in [0.1, 0.15) is 5.75 Å². The van der Waals surface area contributed by atoms with Crippen LogP contribution < -0.4 is 10.1 Å². The van der Waals surface area contributed by atoms with Crippen molar-refractivity contribution in [2.24, 2.45) is 0 Å². The summed E-state index contributed by atoms with van der Waals surface area (Å²) in [6.07, 6.45) is -0.633. The molecule has 0 saturated heterocycles. The maximum atomic E-state index is 12.5. The average molecular weight is 349 g/mol. The van der Waals surface area contributed by atoms with Gasteiger partial charge >= 0.3 is 0 Å². The largest absolute Gasteiger partial charge is 0.481 e. The van der Waals surface area contributed by atoms with E-state index in [9.17, 15) is 9.90 Å². The number of carbonyl (C=O) groups is 1. The number of aliphatic hydroxyl groups is 1. The first-order chi connectivity index (χ1) is 12.6. The number of carbonyl (C=O) groups excluding carboxylic acids is 1. The number of benzene rings is 3. The Morgan fingerprint density at radius 1 is 1.00 bits per heavy atom. The van der Waals surface area contributed by atoms with Crippen LogP contribution >= 0.6 is 0 Å². The Morgan fingerprint density at radius 2 is 1.77 bits per heavy atom. The fraction of sp³-hybridized carbons (Fsp3) is 0.227. The highest BCUT2D eigenvalue weighted by Gasteiger charge is 2.18. The summed E-state index contributed by atoms with van der Waals surface area (Å²) in [5, 5.41) is 14.5. The van der Waals surface area contributed by atoms with Crippen molar-refractivity contribution >= 4 is 16.7 Å². The van der Waals surface area contributed by atoms with Crippen molar-refractivity contribution in [2.75, 3.05) is 0 Å². The van der Waals surface area contributed by atoms with Crippen LogP contribution in [-0.2, 0) is 11.4 Å². The highest BCUT2D eigenvalue weighted by Crippen LogP contribution is 2.21. The van der Waals surface area contributed by atoms with Crippen LogP contribution in [0.3, 0.4) is 0 Å². The fourth-order valence-corrected chi connectivity index (χ4v) is 2.87. The summed E-state index contributed by atoms with van der Waals surface area (Å²) in [4.78, 5) is 12.5. The van der Waals surface area contributed by atoms with Crippen LogP contribution in [0.4, 0.5) is 0 Å². The maximum Gasteiger partial charge on any atom is 0.261 e. The van der Waals surface area contributed by atoms with E-state index in [0.29, 0.717) is 5.75 Å². The van der Waals surface area contributed by atoms with Gasteiger partial charge in [-0.2, -0.15) is 0 Å². The predicted octanol–water partition coefficient (Wildman–Crippen LogP) is 3.98. The fourth-order valence-electron chi connectivity index (χ4n) is 2.87. The molecule has 2 N–H and O–H groups in total. The Labute approximate surface area is 153 Å². The molecule has 134 valence electrons. The smallest absolute Gasteiger partial charge is 0.261 e. The first-order valence-electron chi connectivity index (χ1n) is 8.72. The number of hydrogen-bond acceptors (Lipinski definition) is 3. The molecule has 0 heterocycles. The Balaban J connectivity index is 1.65. The topological polar surface area (TPSA) is 58.6 Å². The van der Waals surface area contributed by atoms with Crippen LogP contribution in [-0.4, -0.2) is 17.1 Å². The third-order valence-corrected chi connectivity index (χ3v) is 4.40. The van der Waals surface area contributed by atoms with Crippen molar-refractivity contribution in [1.29, 1.82) is 0 Å². The zero-order valence-electron chi connectivity index (χ0n) is 15.0. The predicted molar refractivity (Wildman–Crippen MR) is 103 cm³/mol. The molecule has 2 unspecified atom stereocenters. The van der Waals surface area contributed by atoms with Crippen molar-refractivity contribution in [2.45, 2.75) is 32.6 Å². The number of aliphatic hydroxyl groups excluding tert-OH is 1. The van der Waals surface area contributed by atoms with Gasteiger partial charge in [0.15, 0.2) is 6.10 Å². The number of ether oxygens (including phenoxy) is 1. The van der Waals surface area contributed by atoms with Gasteiger partial charge in [0.2, 0.25) is 0 Å². The summed E-state index contributed by atoms with van der Waals surface area (Å²) in [6, 6.07) is 21.3. The quantitative estimate of drug-likeness (QED) is 0.708. The summed E-state index contributed by atoms with van der Waals surface area (Å²) in [7, 11) is 0. The van der Waals surface area contributed by atoms with Gasteiger partial charge in [-0.15, -0.1) is 0 Å². The molecule has 0 aliphatic rings. The SMILES string of the molecule is CC(Oc1cccc(CO)c1)C(=O)NC(C)c1ccc2ccccc2c1. The van der Waals surface area contributed by atoms with E-state index < -0.39 is 6.10 Å². The monoisotopic (exact) mass is 349 g/mol. The van der Waals surface area contributed by atoms with Crippen molar-refractivity contribution in [3.05, 3.63) is 77.9 Å². The van der Waals surface area contributed by atoms with Crippen molar-refractivity contribution < 1.29 is 14.6 Å². The summed E-state index contributed by atoms with van der Waals surface area (Å²) >= 11 is 0. The summed E-state index contributed by atoms with van der Waals surface area (Å²) < 4.78 is 5.70. The molecule has 0 bridgehead atoms. The molecule has 0 spiro atoms. The zero-order valence-corrected chi connectivity index (χ0v) is 15.0. The van der Waals surface area contributed by atoms with E-state index in [2.05, 4.69) is 29.6 Å². The van der Waals surface area contributed by atoms with Crippen LogP contribution in [0.2, 0.25) is 0 Å². The minimum Gasteiger partial charge on any atom is -0.481 e. The Morgan fingerprint density at radius 3 is 2.54 bits per heavy atom. The molecule has 0 radical (unpaired) electrons. The second-order valence-corrected chi connectivity index (χ2v) is 6.40. The molecule has 3 aromatic rings. The van der Waals surface area contributed by atoms with Crippen LogP contribution in [0.25, 0.3) is 10.8 Å². The summed E-state index contributed by atoms with van der Waals surface area (Å²) in [5.41, 5.74) is 1.80. The molecule has 4 heteroatoms. The van der Waals surface area contributed by atoms with Gasteiger partial charge in [-0.3, -0.25) is 4.79 Å². The van der Waals surface area contributed by atoms with E-state index in [0.717, 1.165) is 16.5 Å². The summed E-state index contributed by atoms with van der Waals surface area (Å²) in [6.45, 7) is 3.62. The lowest BCUT2D eigenvalue weighted by Crippen LogP contribution is -2.37. The second kappa shape index (κ2) is 8.02. The lowest BCUT2D eigenvalue weighted by atomic mass is 10.0. The van der Waals surface area contributed by atoms with Gasteiger partial charge in [0.05, 0.1) is 12.6 Å². The lowest BCUT2D eigenvalue weighted by Gasteiger charge is -2.19. The van der Waals surface area contributed by atoms with Gasteiger partial charge < -0.3 is 15.2 Å². The molecular formula is C22H23NO3. The number of amides is 1. The molecule has 1 amide bonds. The van der Waals surface area contributed by atoms with E-state index in [1.165, 1.54) is 5.39 Å². The molecule has 4 nitrogen and oxygen atoms in total. The molecule has 3 aromatic carbocycles. The van der Waals surface area contributed by atoms with Gasteiger partial charge in [0, 0.05) is 0 Å².